The van der Waals surface area contributed by atoms with Crippen LogP contribution in [0.3, 0.4) is 0 Å². The second kappa shape index (κ2) is 7.96. The Kier molecular flexibility index (Phi) is 5.97. The molecule has 0 aliphatic carbocycles. The SMILES string of the molecule is COc1cc(C(=O)NCC2CCCN2)cc(OC)c1OC(F)F. The van der Waals surface area contributed by atoms with Crippen LogP contribution < -0.4 is 24.8 Å². The molecule has 23 heavy (non-hydrogen) atoms. The van der Waals surface area contributed by atoms with Gasteiger partial charge in [0.2, 0.25) is 5.75 Å². The molecule has 0 saturated carbocycles. The molecule has 1 aromatic rings. The van der Waals surface area contributed by atoms with Gasteiger partial charge in [0.1, 0.15) is 0 Å². The molecule has 1 saturated heterocycles. The maximum absolute atomic E-state index is 12.5. The highest BCUT2D eigenvalue weighted by atomic mass is 19.3. The van der Waals surface area contributed by atoms with E-state index < -0.39 is 6.61 Å². The normalized spacial score (nSPS) is 17.2. The van der Waals surface area contributed by atoms with Crippen LogP contribution in [0.25, 0.3) is 0 Å². The molecule has 8 heteroatoms. The highest BCUT2D eigenvalue weighted by Crippen LogP contribution is 2.39. The minimum absolute atomic E-state index is 0.00814. The quantitative estimate of drug-likeness (QED) is 0.798. The van der Waals surface area contributed by atoms with E-state index in [1.807, 2.05) is 0 Å². The zero-order valence-electron chi connectivity index (χ0n) is 13.0. The van der Waals surface area contributed by atoms with Crippen LogP contribution in [0, 0.1) is 0 Å². The number of carbonyl (C=O) groups excluding carboxylic acids is 1. The van der Waals surface area contributed by atoms with Gasteiger partial charge in [0.05, 0.1) is 14.2 Å². The van der Waals surface area contributed by atoms with E-state index in [0.29, 0.717) is 6.54 Å². The van der Waals surface area contributed by atoms with Crippen molar-refractivity contribution in [3.05, 3.63) is 17.7 Å². The van der Waals surface area contributed by atoms with Crippen LogP contribution in [0.4, 0.5) is 8.78 Å². The minimum Gasteiger partial charge on any atom is -0.493 e. The number of amides is 1. The lowest BCUT2D eigenvalue weighted by atomic mass is 10.1. The number of alkyl halides is 2. The largest absolute Gasteiger partial charge is 0.493 e. The molecule has 1 unspecified atom stereocenters. The van der Waals surface area contributed by atoms with E-state index in [1.54, 1.807) is 0 Å². The standard InChI is InChI=1S/C15H20F2N2O4/c1-21-11-6-9(7-12(22-2)13(11)23-15(16)17)14(20)19-8-10-4-3-5-18-10/h6-7,10,15,18H,3-5,8H2,1-2H3,(H,19,20). The smallest absolute Gasteiger partial charge is 0.387 e. The van der Waals surface area contributed by atoms with Crippen LogP contribution in [-0.4, -0.2) is 45.9 Å². The van der Waals surface area contributed by atoms with Crippen LogP contribution in [0.15, 0.2) is 12.1 Å². The van der Waals surface area contributed by atoms with Gasteiger partial charge >= 0.3 is 6.61 Å². The second-order valence-electron chi connectivity index (χ2n) is 5.09. The topological polar surface area (TPSA) is 68.8 Å². The number of benzene rings is 1. The van der Waals surface area contributed by atoms with Crippen LogP contribution in [0.5, 0.6) is 17.2 Å². The molecule has 0 bridgehead atoms. The van der Waals surface area contributed by atoms with Crippen LogP contribution >= 0.6 is 0 Å². The minimum atomic E-state index is -3.02. The molecule has 2 rings (SSSR count). The summed E-state index contributed by atoms with van der Waals surface area (Å²) in [4.78, 5) is 12.2. The molecular formula is C15H20F2N2O4. The summed E-state index contributed by atoms with van der Waals surface area (Å²) in [5, 5.41) is 6.07. The summed E-state index contributed by atoms with van der Waals surface area (Å²) in [7, 11) is 2.61. The molecule has 1 atom stereocenters. The molecule has 0 radical (unpaired) electrons. The number of ether oxygens (including phenoxy) is 3. The van der Waals surface area contributed by atoms with Crippen molar-refractivity contribution in [2.24, 2.45) is 0 Å². The van der Waals surface area contributed by atoms with Gasteiger partial charge in [0.25, 0.3) is 5.91 Å². The van der Waals surface area contributed by atoms with Gasteiger partial charge in [-0.25, -0.2) is 0 Å². The molecule has 0 aromatic heterocycles. The fourth-order valence-corrected chi connectivity index (χ4v) is 2.47. The van der Waals surface area contributed by atoms with Crippen molar-refractivity contribution in [2.45, 2.75) is 25.5 Å². The van der Waals surface area contributed by atoms with Crippen molar-refractivity contribution >= 4 is 5.91 Å². The third-order valence-electron chi connectivity index (χ3n) is 3.60. The summed E-state index contributed by atoms with van der Waals surface area (Å²) < 4.78 is 39.4. The Balaban J connectivity index is 2.15. The monoisotopic (exact) mass is 330 g/mol. The van der Waals surface area contributed by atoms with E-state index in [-0.39, 0.29) is 34.8 Å². The van der Waals surface area contributed by atoms with Crippen LogP contribution in [-0.2, 0) is 0 Å². The molecule has 1 aliphatic heterocycles. The molecule has 6 nitrogen and oxygen atoms in total. The number of methoxy groups -OCH3 is 2. The van der Waals surface area contributed by atoms with E-state index >= 15 is 0 Å². The van der Waals surface area contributed by atoms with E-state index in [2.05, 4.69) is 15.4 Å². The lowest BCUT2D eigenvalue weighted by Gasteiger charge is -2.16. The van der Waals surface area contributed by atoms with Crippen molar-refractivity contribution in [3.8, 4) is 17.2 Å². The fourth-order valence-electron chi connectivity index (χ4n) is 2.47. The molecule has 0 spiro atoms. The van der Waals surface area contributed by atoms with E-state index in [0.717, 1.165) is 19.4 Å². The molecule has 1 fully saturated rings. The summed E-state index contributed by atoms with van der Waals surface area (Å²) >= 11 is 0. The molecule has 128 valence electrons. The van der Waals surface area contributed by atoms with Gasteiger partial charge in [-0.05, 0) is 31.5 Å². The molecule has 1 aromatic carbocycles. The Labute approximate surface area is 133 Å². The molecule has 1 aliphatic rings. The van der Waals surface area contributed by atoms with E-state index in [9.17, 15) is 13.6 Å². The first kappa shape index (κ1) is 17.3. The van der Waals surface area contributed by atoms with Crippen molar-refractivity contribution in [1.82, 2.24) is 10.6 Å². The molecule has 1 amide bonds. The Hall–Kier alpha value is -2.09. The predicted molar refractivity (Wildman–Crippen MR) is 79.5 cm³/mol. The van der Waals surface area contributed by atoms with Gasteiger partial charge in [0, 0.05) is 18.2 Å². The average Bonchev–Trinajstić information content (AvgIpc) is 3.05. The van der Waals surface area contributed by atoms with Crippen LogP contribution in [0.2, 0.25) is 0 Å². The first-order valence-corrected chi connectivity index (χ1v) is 7.27. The van der Waals surface area contributed by atoms with Gasteiger partial charge in [-0.15, -0.1) is 0 Å². The van der Waals surface area contributed by atoms with Crippen molar-refractivity contribution in [1.29, 1.82) is 0 Å². The highest BCUT2D eigenvalue weighted by molar-refractivity contribution is 5.95. The van der Waals surface area contributed by atoms with Crippen molar-refractivity contribution in [2.75, 3.05) is 27.3 Å². The van der Waals surface area contributed by atoms with Gasteiger partial charge in [-0.1, -0.05) is 0 Å². The van der Waals surface area contributed by atoms with Crippen molar-refractivity contribution < 1.29 is 27.8 Å². The number of hydrogen-bond acceptors (Lipinski definition) is 5. The molecule has 2 N–H and O–H groups in total. The maximum Gasteiger partial charge on any atom is 0.387 e. The Morgan fingerprint density at radius 3 is 2.48 bits per heavy atom. The first-order valence-electron chi connectivity index (χ1n) is 7.27. The number of halogens is 2. The second-order valence-corrected chi connectivity index (χ2v) is 5.09. The van der Waals surface area contributed by atoms with Gasteiger partial charge in [-0.3, -0.25) is 4.79 Å². The number of rotatable bonds is 7. The summed E-state index contributed by atoms with van der Waals surface area (Å²) in [5.41, 5.74) is 0.248. The van der Waals surface area contributed by atoms with Crippen LogP contribution in [0.1, 0.15) is 23.2 Å². The Morgan fingerprint density at radius 1 is 1.35 bits per heavy atom. The molecule has 1 heterocycles. The number of carbonyl (C=O) groups is 1. The zero-order chi connectivity index (χ0) is 16.8. The van der Waals surface area contributed by atoms with Gasteiger partial charge in [-0.2, -0.15) is 8.78 Å². The third-order valence-corrected chi connectivity index (χ3v) is 3.60. The Morgan fingerprint density at radius 2 is 2.00 bits per heavy atom. The lowest BCUT2D eigenvalue weighted by molar-refractivity contribution is -0.0526. The summed E-state index contributed by atoms with van der Waals surface area (Å²) in [5.74, 6) is -0.555. The predicted octanol–water partition coefficient (Wildman–Crippen LogP) is 1.79. The Bertz CT molecular complexity index is 523. The van der Waals surface area contributed by atoms with Crippen molar-refractivity contribution in [3.63, 3.8) is 0 Å². The lowest BCUT2D eigenvalue weighted by Crippen LogP contribution is -2.37. The summed E-state index contributed by atoms with van der Waals surface area (Å²) in [6, 6.07) is 2.94. The zero-order valence-corrected chi connectivity index (χ0v) is 13.0. The molecular weight excluding hydrogens is 310 g/mol. The average molecular weight is 330 g/mol. The third kappa shape index (κ3) is 4.44. The highest BCUT2D eigenvalue weighted by Gasteiger charge is 2.21. The summed E-state index contributed by atoms with van der Waals surface area (Å²) in [6.45, 7) is -1.58. The number of hydrogen-bond donors (Lipinski definition) is 2. The van der Waals surface area contributed by atoms with Gasteiger partial charge < -0.3 is 24.8 Å². The van der Waals surface area contributed by atoms with Gasteiger partial charge in [0.15, 0.2) is 11.5 Å². The summed E-state index contributed by atoms with van der Waals surface area (Å²) in [6.07, 6.45) is 2.09. The van der Waals surface area contributed by atoms with E-state index in [1.165, 1.54) is 26.4 Å². The maximum atomic E-state index is 12.5. The van der Waals surface area contributed by atoms with E-state index in [4.69, 9.17) is 9.47 Å². The fraction of sp³-hybridized carbons (Fsp3) is 0.533. The number of nitrogens with one attached hydrogen (secondary N) is 2. The first-order chi connectivity index (χ1) is 11.0.